The Balaban J connectivity index is 2.19. The van der Waals surface area contributed by atoms with E-state index in [0.29, 0.717) is 25.5 Å². The maximum atomic E-state index is 11.4. The largest absolute Gasteiger partial charge is 0.465 e. The maximum Gasteiger partial charge on any atom is 0.307 e. The second-order valence-electron chi connectivity index (χ2n) is 5.11. The maximum absolute atomic E-state index is 11.4. The second kappa shape index (κ2) is 7.70. The molecule has 0 aliphatic heterocycles. The van der Waals surface area contributed by atoms with Crippen LogP contribution >= 0.6 is 0 Å². The van der Waals surface area contributed by atoms with E-state index in [1.807, 2.05) is 7.05 Å². The van der Waals surface area contributed by atoms with Gasteiger partial charge in [-0.1, -0.05) is 39.5 Å². The molecule has 0 saturated heterocycles. The lowest BCUT2D eigenvalue weighted by molar-refractivity contribution is -0.144. The summed E-state index contributed by atoms with van der Waals surface area (Å²) < 4.78 is 5.34. The molecule has 0 aromatic rings. The predicted octanol–water partition coefficient (Wildman–Crippen LogP) is 2.60. The number of ether oxygens (including phenoxy) is 1. The van der Waals surface area contributed by atoms with Gasteiger partial charge in [0.1, 0.15) is 0 Å². The highest BCUT2D eigenvalue weighted by atomic mass is 16.5. The molecule has 3 heteroatoms. The summed E-state index contributed by atoms with van der Waals surface area (Å²) in [5.74, 6) is 2.22. The van der Waals surface area contributed by atoms with Crippen LogP contribution in [-0.2, 0) is 9.53 Å². The molecule has 0 aromatic heterocycles. The zero-order valence-corrected chi connectivity index (χ0v) is 11.5. The molecule has 0 heterocycles. The minimum atomic E-state index is -0.0586. The van der Waals surface area contributed by atoms with E-state index in [2.05, 4.69) is 19.2 Å². The van der Waals surface area contributed by atoms with E-state index in [1.54, 1.807) is 0 Å². The molecule has 17 heavy (non-hydrogen) atoms. The third-order valence-corrected chi connectivity index (χ3v) is 3.77. The Kier molecular flexibility index (Phi) is 6.56. The Hall–Kier alpha value is -0.570. The SMILES string of the molecule is CCCC1C(CCC)C1COC(=O)CCNC. The molecular formula is C14H27NO2. The van der Waals surface area contributed by atoms with Crippen molar-refractivity contribution in [2.45, 2.75) is 46.0 Å². The van der Waals surface area contributed by atoms with Gasteiger partial charge in [0.05, 0.1) is 13.0 Å². The van der Waals surface area contributed by atoms with Crippen molar-refractivity contribution >= 4 is 5.97 Å². The van der Waals surface area contributed by atoms with E-state index in [1.165, 1.54) is 25.7 Å². The van der Waals surface area contributed by atoms with Crippen molar-refractivity contribution < 1.29 is 9.53 Å². The molecule has 3 nitrogen and oxygen atoms in total. The number of carbonyl (C=O) groups excluding carboxylic acids is 1. The van der Waals surface area contributed by atoms with Gasteiger partial charge in [-0.05, 0) is 24.8 Å². The zero-order valence-electron chi connectivity index (χ0n) is 11.5. The Morgan fingerprint density at radius 1 is 1.12 bits per heavy atom. The summed E-state index contributed by atoms with van der Waals surface area (Å²) in [6, 6.07) is 0. The molecule has 1 aliphatic carbocycles. The molecule has 1 rings (SSSR count). The summed E-state index contributed by atoms with van der Waals surface area (Å²) in [6.07, 6.45) is 5.57. The highest BCUT2D eigenvalue weighted by Gasteiger charge is 2.48. The van der Waals surface area contributed by atoms with Crippen LogP contribution in [0.1, 0.15) is 46.0 Å². The van der Waals surface area contributed by atoms with Gasteiger partial charge in [-0.25, -0.2) is 0 Å². The highest BCUT2D eigenvalue weighted by Crippen LogP contribution is 2.51. The fourth-order valence-electron chi connectivity index (χ4n) is 2.78. The minimum absolute atomic E-state index is 0.0586. The molecule has 1 saturated carbocycles. The summed E-state index contributed by atoms with van der Waals surface area (Å²) in [5.41, 5.74) is 0. The van der Waals surface area contributed by atoms with Crippen molar-refractivity contribution in [2.24, 2.45) is 17.8 Å². The quantitative estimate of drug-likeness (QED) is 0.631. The van der Waals surface area contributed by atoms with Gasteiger partial charge in [-0.15, -0.1) is 0 Å². The van der Waals surface area contributed by atoms with Crippen LogP contribution in [0, 0.1) is 17.8 Å². The molecule has 1 aliphatic rings. The minimum Gasteiger partial charge on any atom is -0.465 e. The van der Waals surface area contributed by atoms with Crippen LogP contribution in [0.5, 0.6) is 0 Å². The van der Waals surface area contributed by atoms with Crippen LogP contribution in [-0.4, -0.2) is 26.2 Å². The summed E-state index contributed by atoms with van der Waals surface area (Å²) >= 11 is 0. The Labute approximate surface area is 105 Å². The number of nitrogens with one attached hydrogen (secondary N) is 1. The van der Waals surface area contributed by atoms with Crippen molar-refractivity contribution in [1.29, 1.82) is 0 Å². The molecule has 0 aromatic carbocycles. The van der Waals surface area contributed by atoms with Gasteiger partial charge >= 0.3 is 5.97 Å². The van der Waals surface area contributed by atoms with Gasteiger partial charge < -0.3 is 10.1 Å². The number of rotatable bonds is 9. The molecule has 0 bridgehead atoms. The van der Waals surface area contributed by atoms with Crippen LogP contribution in [0.4, 0.5) is 0 Å². The first kappa shape index (κ1) is 14.5. The van der Waals surface area contributed by atoms with Gasteiger partial charge in [0, 0.05) is 6.54 Å². The first-order valence-electron chi connectivity index (χ1n) is 7.04. The van der Waals surface area contributed by atoms with Crippen molar-refractivity contribution in [3.05, 3.63) is 0 Å². The van der Waals surface area contributed by atoms with Crippen molar-refractivity contribution in [3.8, 4) is 0 Å². The number of esters is 1. The number of hydrogen-bond donors (Lipinski definition) is 1. The lowest BCUT2D eigenvalue weighted by Crippen LogP contribution is -2.16. The molecule has 2 atom stereocenters. The van der Waals surface area contributed by atoms with E-state index in [-0.39, 0.29) is 5.97 Å². The van der Waals surface area contributed by atoms with Gasteiger partial charge in [-0.2, -0.15) is 0 Å². The third kappa shape index (κ3) is 4.66. The molecule has 1 N–H and O–H groups in total. The van der Waals surface area contributed by atoms with Gasteiger partial charge in [0.2, 0.25) is 0 Å². The molecular weight excluding hydrogens is 214 g/mol. The van der Waals surface area contributed by atoms with Crippen LogP contribution in [0.2, 0.25) is 0 Å². The van der Waals surface area contributed by atoms with Crippen LogP contribution in [0.25, 0.3) is 0 Å². The van der Waals surface area contributed by atoms with Crippen molar-refractivity contribution in [3.63, 3.8) is 0 Å². The standard InChI is InChI=1S/C14H27NO2/c1-4-6-11-12(7-5-2)13(11)10-17-14(16)8-9-15-3/h11-13,15H,4-10H2,1-3H3. The van der Waals surface area contributed by atoms with Gasteiger partial charge in [-0.3, -0.25) is 4.79 Å². The Morgan fingerprint density at radius 2 is 1.71 bits per heavy atom. The average Bonchev–Trinajstić information content (AvgIpc) is 2.97. The predicted molar refractivity (Wildman–Crippen MR) is 69.8 cm³/mol. The molecule has 0 spiro atoms. The van der Waals surface area contributed by atoms with Crippen molar-refractivity contribution in [2.75, 3.05) is 20.2 Å². The molecule has 1 fully saturated rings. The molecule has 0 radical (unpaired) electrons. The normalized spacial score (nSPS) is 26.9. The summed E-state index contributed by atoms with van der Waals surface area (Å²) in [4.78, 5) is 11.4. The van der Waals surface area contributed by atoms with Crippen LogP contribution in [0.15, 0.2) is 0 Å². The Morgan fingerprint density at radius 3 is 2.18 bits per heavy atom. The average molecular weight is 241 g/mol. The number of hydrogen-bond acceptors (Lipinski definition) is 3. The first-order chi connectivity index (χ1) is 8.24. The van der Waals surface area contributed by atoms with E-state index < -0.39 is 0 Å². The lowest BCUT2D eigenvalue weighted by atomic mass is 10.1. The fourth-order valence-corrected chi connectivity index (χ4v) is 2.78. The van der Waals surface area contributed by atoms with E-state index in [0.717, 1.165) is 11.8 Å². The van der Waals surface area contributed by atoms with Crippen LogP contribution < -0.4 is 5.32 Å². The smallest absolute Gasteiger partial charge is 0.307 e. The first-order valence-corrected chi connectivity index (χ1v) is 7.04. The summed E-state index contributed by atoms with van der Waals surface area (Å²) in [6.45, 7) is 5.83. The van der Waals surface area contributed by atoms with E-state index in [9.17, 15) is 4.79 Å². The van der Waals surface area contributed by atoms with Gasteiger partial charge in [0.15, 0.2) is 0 Å². The highest BCUT2D eigenvalue weighted by molar-refractivity contribution is 5.69. The van der Waals surface area contributed by atoms with Gasteiger partial charge in [0.25, 0.3) is 0 Å². The van der Waals surface area contributed by atoms with E-state index >= 15 is 0 Å². The Bertz CT molecular complexity index is 218. The summed E-state index contributed by atoms with van der Waals surface area (Å²) in [7, 11) is 1.85. The summed E-state index contributed by atoms with van der Waals surface area (Å²) in [5, 5.41) is 2.96. The van der Waals surface area contributed by atoms with E-state index in [4.69, 9.17) is 4.74 Å². The zero-order chi connectivity index (χ0) is 12.7. The number of carbonyl (C=O) groups is 1. The molecule has 100 valence electrons. The second-order valence-corrected chi connectivity index (χ2v) is 5.11. The third-order valence-electron chi connectivity index (χ3n) is 3.77. The molecule has 2 unspecified atom stereocenters. The molecule has 0 amide bonds. The van der Waals surface area contributed by atoms with Crippen molar-refractivity contribution in [1.82, 2.24) is 5.32 Å². The van der Waals surface area contributed by atoms with Crippen LogP contribution in [0.3, 0.4) is 0 Å². The fraction of sp³-hybridized carbons (Fsp3) is 0.929. The lowest BCUT2D eigenvalue weighted by Gasteiger charge is -2.04. The monoisotopic (exact) mass is 241 g/mol. The topological polar surface area (TPSA) is 38.3 Å².